The van der Waals surface area contributed by atoms with Crippen molar-refractivity contribution in [1.29, 1.82) is 0 Å². The summed E-state index contributed by atoms with van der Waals surface area (Å²) in [5, 5.41) is 10.7. The number of aliphatic carboxylic acids is 1. The molecule has 0 saturated carbocycles. The number of benzene rings is 1. The molecule has 1 unspecified atom stereocenters. The predicted octanol–water partition coefficient (Wildman–Crippen LogP) is 0.0484. The van der Waals surface area contributed by atoms with Crippen LogP contribution in [-0.4, -0.2) is 42.0 Å². The quantitative estimate of drug-likeness (QED) is 0.485. The Kier molecular flexibility index (Phi) is 15.0. The number of amides is 2. The number of hydrogen-bond donors (Lipinski definition) is 5. The number of hydrogen-bond acceptors (Lipinski definition) is 5. The van der Waals surface area contributed by atoms with Gasteiger partial charge in [-0.05, 0) is 38.3 Å². The number of carboxylic acids is 1. The number of carbonyl (C=O) groups is 3. The molecule has 0 aliphatic rings. The van der Waals surface area contributed by atoms with Crippen LogP contribution in [0.25, 0.3) is 0 Å². The second-order valence-electron chi connectivity index (χ2n) is 5.19. The Morgan fingerprint density at radius 1 is 1.16 bits per heavy atom. The van der Waals surface area contributed by atoms with Crippen LogP contribution in [0.2, 0.25) is 0 Å². The molecule has 8 N–H and O–H groups in total. The summed E-state index contributed by atoms with van der Waals surface area (Å²) in [7, 11) is 0. The molecule has 1 aromatic carbocycles. The van der Waals surface area contributed by atoms with Crippen molar-refractivity contribution in [3.8, 4) is 0 Å². The Morgan fingerprint density at radius 2 is 1.64 bits per heavy atom. The summed E-state index contributed by atoms with van der Waals surface area (Å²) in [6, 6.07) is 7.38. The molecular weight excluding hydrogens is 324 g/mol. The molecule has 0 spiro atoms. The molecule has 0 fully saturated rings. The fraction of sp³-hybridized carbons (Fsp3) is 0.471. The summed E-state index contributed by atoms with van der Waals surface area (Å²) in [4.78, 5) is 30.3. The molecule has 0 saturated heterocycles. The van der Waals surface area contributed by atoms with Gasteiger partial charge < -0.3 is 27.6 Å². The first-order valence-corrected chi connectivity index (χ1v) is 7.91. The number of nitrogens with two attached hydrogens (primary N) is 3. The number of nitrogens with one attached hydrogen (secondary N) is 1. The average molecular weight is 354 g/mol. The normalized spacial score (nSPS) is 10.3. The molecule has 0 aromatic heterocycles. The second kappa shape index (κ2) is 15.1. The van der Waals surface area contributed by atoms with E-state index in [1.54, 1.807) is 0 Å². The number of rotatable bonds is 6. The first-order valence-electron chi connectivity index (χ1n) is 7.91. The number of primary amides is 1. The van der Waals surface area contributed by atoms with Crippen molar-refractivity contribution in [1.82, 2.24) is 5.32 Å². The van der Waals surface area contributed by atoms with Crippen LogP contribution >= 0.6 is 0 Å². The van der Waals surface area contributed by atoms with Crippen LogP contribution in [0.15, 0.2) is 24.3 Å². The van der Waals surface area contributed by atoms with Crippen LogP contribution in [0.1, 0.15) is 30.9 Å². The zero-order chi connectivity index (χ0) is 19.8. The van der Waals surface area contributed by atoms with Crippen molar-refractivity contribution in [2.45, 2.75) is 39.7 Å². The van der Waals surface area contributed by atoms with E-state index in [4.69, 9.17) is 22.3 Å². The lowest BCUT2D eigenvalue weighted by Gasteiger charge is -2.01. The molecule has 1 aromatic rings. The number of carbonyl (C=O) groups excluding carboxylic acids is 2. The largest absolute Gasteiger partial charge is 0.480 e. The van der Waals surface area contributed by atoms with Crippen LogP contribution in [-0.2, 0) is 14.4 Å². The number of aryl methyl sites for hydroxylation is 2. The van der Waals surface area contributed by atoms with Gasteiger partial charge in [0.2, 0.25) is 11.8 Å². The summed E-state index contributed by atoms with van der Waals surface area (Å²) in [5.41, 5.74) is 17.5. The maximum absolute atomic E-state index is 10.2. The van der Waals surface area contributed by atoms with Gasteiger partial charge in [0, 0.05) is 13.0 Å². The molecule has 8 heteroatoms. The lowest BCUT2D eigenvalue weighted by atomic mass is 10.1. The SMILES string of the molecule is CCNC(=O)CN.Cc1ccccc1C.NC(=O)CCC(N)C(=O)O. The van der Waals surface area contributed by atoms with Gasteiger partial charge >= 0.3 is 5.97 Å². The minimum absolute atomic E-state index is 0.0213. The third-order valence-electron chi connectivity index (χ3n) is 3.00. The van der Waals surface area contributed by atoms with E-state index in [0.717, 1.165) is 0 Å². The van der Waals surface area contributed by atoms with Gasteiger partial charge in [-0.3, -0.25) is 14.4 Å². The molecule has 0 heterocycles. The Hall–Kier alpha value is -2.45. The van der Waals surface area contributed by atoms with Crippen LogP contribution in [0.5, 0.6) is 0 Å². The van der Waals surface area contributed by atoms with Crippen LogP contribution in [0.3, 0.4) is 0 Å². The third-order valence-corrected chi connectivity index (χ3v) is 3.00. The van der Waals surface area contributed by atoms with Crippen molar-refractivity contribution in [3.63, 3.8) is 0 Å². The minimum Gasteiger partial charge on any atom is -0.480 e. The minimum atomic E-state index is -1.11. The van der Waals surface area contributed by atoms with Crippen molar-refractivity contribution in [3.05, 3.63) is 35.4 Å². The maximum atomic E-state index is 10.2. The van der Waals surface area contributed by atoms with E-state index >= 15 is 0 Å². The van der Waals surface area contributed by atoms with Crippen LogP contribution in [0.4, 0.5) is 0 Å². The fourth-order valence-electron chi connectivity index (χ4n) is 1.35. The second-order valence-corrected chi connectivity index (χ2v) is 5.19. The lowest BCUT2D eigenvalue weighted by Crippen LogP contribution is -2.31. The van der Waals surface area contributed by atoms with Crippen molar-refractivity contribution in [2.24, 2.45) is 17.2 Å². The van der Waals surface area contributed by atoms with E-state index in [2.05, 4.69) is 43.4 Å². The fourth-order valence-corrected chi connectivity index (χ4v) is 1.35. The summed E-state index contributed by atoms with van der Waals surface area (Å²) in [6.45, 7) is 6.85. The van der Waals surface area contributed by atoms with Crippen LogP contribution in [0, 0.1) is 13.8 Å². The summed E-state index contributed by atoms with van der Waals surface area (Å²) < 4.78 is 0. The van der Waals surface area contributed by atoms with E-state index in [-0.39, 0.29) is 25.3 Å². The predicted molar refractivity (Wildman–Crippen MR) is 97.7 cm³/mol. The first kappa shape index (κ1) is 24.8. The molecule has 142 valence electrons. The van der Waals surface area contributed by atoms with Gasteiger partial charge in [0.15, 0.2) is 0 Å². The molecule has 1 rings (SSSR count). The maximum Gasteiger partial charge on any atom is 0.320 e. The van der Waals surface area contributed by atoms with Gasteiger partial charge in [-0.1, -0.05) is 24.3 Å². The highest BCUT2D eigenvalue weighted by atomic mass is 16.4. The van der Waals surface area contributed by atoms with Gasteiger partial charge in [-0.15, -0.1) is 0 Å². The van der Waals surface area contributed by atoms with Gasteiger partial charge in [-0.25, -0.2) is 0 Å². The van der Waals surface area contributed by atoms with Gasteiger partial charge in [-0.2, -0.15) is 0 Å². The number of likely N-dealkylation sites (N-methyl/N-ethyl adjacent to an activating group) is 1. The van der Waals surface area contributed by atoms with Crippen molar-refractivity contribution in [2.75, 3.05) is 13.1 Å². The van der Waals surface area contributed by atoms with E-state index in [1.165, 1.54) is 11.1 Å². The Balaban J connectivity index is 0. The van der Waals surface area contributed by atoms with Gasteiger partial charge in [0.25, 0.3) is 0 Å². The van der Waals surface area contributed by atoms with Gasteiger partial charge in [0.1, 0.15) is 6.04 Å². The molecule has 0 aliphatic heterocycles. The highest BCUT2D eigenvalue weighted by molar-refractivity contribution is 5.77. The summed E-state index contributed by atoms with van der Waals surface area (Å²) >= 11 is 0. The summed E-state index contributed by atoms with van der Waals surface area (Å²) in [6.07, 6.45) is 0.123. The molecule has 1 atom stereocenters. The molecule has 25 heavy (non-hydrogen) atoms. The lowest BCUT2D eigenvalue weighted by molar-refractivity contribution is -0.138. The Labute approximate surface area is 148 Å². The average Bonchev–Trinajstić information content (AvgIpc) is 2.56. The molecule has 0 radical (unpaired) electrons. The van der Waals surface area contributed by atoms with E-state index < -0.39 is 17.9 Å². The smallest absolute Gasteiger partial charge is 0.320 e. The number of carboxylic acid groups (broad SMARTS) is 1. The molecule has 0 aliphatic carbocycles. The topological polar surface area (TPSA) is 162 Å². The van der Waals surface area contributed by atoms with E-state index in [1.807, 2.05) is 6.92 Å². The molecule has 2 amide bonds. The zero-order valence-electron chi connectivity index (χ0n) is 15.1. The van der Waals surface area contributed by atoms with E-state index in [9.17, 15) is 14.4 Å². The highest BCUT2D eigenvalue weighted by Crippen LogP contribution is 2.02. The van der Waals surface area contributed by atoms with Gasteiger partial charge in [0.05, 0.1) is 6.54 Å². The molecular formula is C17H30N4O4. The summed E-state index contributed by atoms with van der Waals surface area (Å²) in [5.74, 6) is -1.74. The third kappa shape index (κ3) is 16.2. The Bertz CT molecular complexity index is 514. The van der Waals surface area contributed by atoms with Crippen molar-refractivity contribution >= 4 is 17.8 Å². The Morgan fingerprint density at radius 3 is 1.88 bits per heavy atom. The molecule has 0 bridgehead atoms. The van der Waals surface area contributed by atoms with Crippen LogP contribution < -0.4 is 22.5 Å². The standard InChI is InChI=1S/C8H10.C5H10N2O3.C4H10N2O/c1-7-5-3-4-6-8(7)2;6-3(5(9)10)1-2-4(7)8;1-2-6-4(7)3-5/h3-6H,1-2H3;3H,1-2,6H2,(H2,7,8)(H,9,10);2-3,5H2,1H3,(H,6,7). The van der Waals surface area contributed by atoms with E-state index in [0.29, 0.717) is 6.54 Å². The monoisotopic (exact) mass is 354 g/mol. The van der Waals surface area contributed by atoms with Crippen molar-refractivity contribution < 1.29 is 19.5 Å². The highest BCUT2D eigenvalue weighted by Gasteiger charge is 2.11. The first-order chi connectivity index (χ1) is 11.6. The zero-order valence-corrected chi connectivity index (χ0v) is 15.1. The molecule has 8 nitrogen and oxygen atoms in total.